The van der Waals surface area contributed by atoms with Gasteiger partial charge in [0, 0.05) is 11.3 Å². The SMILES string of the molecule is CC(=O)c1cccc(NC(=O)C2(S(=O)(=O)c3ccc(C)c(C)c3)CCCC2)c1. The summed E-state index contributed by atoms with van der Waals surface area (Å²) >= 11 is 0. The maximum atomic E-state index is 13.5. The van der Waals surface area contributed by atoms with E-state index in [4.69, 9.17) is 0 Å². The van der Waals surface area contributed by atoms with Crippen molar-refractivity contribution < 1.29 is 18.0 Å². The van der Waals surface area contributed by atoms with Gasteiger partial charge in [0.2, 0.25) is 5.91 Å². The summed E-state index contributed by atoms with van der Waals surface area (Å²) in [5.41, 5.74) is 2.78. The molecule has 0 unspecified atom stereocenters. The summed E-state index contributed by atoms with van der Waals surface area (Å²) in [5, 5.41) is 2.75. The van der Waals surface area contributed by atoms with Gasteiger partial charge in [-0.2, -0.15) is 0 Å². The maximum absolute atomic E-state index is 13.5. The molecule has 2 aromatic carbocycles. The normalized spacial score (nSPS) is 16.0. The number of Topliss-reactive ketones (excluding diaryl/α,β-unsaturated/α-hetero) is 1. The van der Waals surface area contributed by atoms with E-state index in [0.29, 0.717) is 36.9 Å². The molecule has 0 heterocycles. The number of carbonyl (C=O) groups is 2. The van der Waals surface area contributed by atoms with Crippen molar-refractivity contribution in [2.24, 2.45) is 0 Å². The third kappa shape index (κ3) is 3.49. The Morgan fingerprint density at radius 3 is 2.25 bits per heavy atom. The van der Waals surface area contributed by atoms with Gasteiger partial charge in [0.25, 0.3) is 0 Å². The molecule has 0 atom stereocenters. The smallest absolute Gasteiger partial charge is 0.246 e. The highest BCUT2D eigenvalue weighted by Gasteiger charge is 2.53. The molecule has 5 nitrogen and oxygen atoms in total. The zero-order valence-corrected chi connectivity index (χ0v) is 17.2. The molecule has 1 N–H and O–H groups in total. The van der Waals surface area contributed by atoms with E-state index in [-0.39, 0.29) is 10.7 Å². The number of hydrogen-bond donors (Lipinski definition) is 1. The third-order valence-electron chi connectivity index (χ3n) is 5.66. The summed E-state index contributed by atoms with van der Waals surface area (Å²) in [6, 6.07) is 11.6. The van der Waals surface area contributed by atoms with Gasteiger partial charge >= 0.3 is 0 Å². The summed E-state index contributed by atoms with van der Waals surface area (Å²) in [7, 11) is -3.86. The lowest BCUT2D eigenvalue weighted by atomic mass is 10.1. The fourth-order valence-electron chi connectivity index (χ4n) is 3.73. The number of carbonyl (C=O) groups excluding carboxylic acids is 2. The van der Waals surface area contributed by atoms with Crippen LogP contribution in [0.2, 0.25) is 0 Å². The lowest BCUT2D eigenvalue weighted by Gasteiger charge is -2.28. The van der Waals surface area contributed by atoms with Gasteiger partial charge in [-0.05, 0) is 69.0 Å². The highest BCUT2D eigenvalue weighted by Crippen LogP contribution is 2.41. The number of hydrogen-bond acceptors (Lipinski definition) is 4. The van der Waals surface area contributed by atoms with Crippen LogP contribution < -0.4 is 5.32 Å². The van der Waals surface area contributed by atoms with Crippen molar-refractivity contribution >= 4 is 27.2 Å². The van der Waals surface area contributed by atoms with Gasteiger partial charge in [-0.1, -0.05) is 31.0 Å². The Hall–Kier alpha value is -2.47. The third-order valence-corrected chi connectivity index (χ3v) is 8.15. The Labute approximate surface area is 166 Å². The Morgan fingerprint density at radius 1 is 0.964 bits per heavy atom. The number of aryl methyl sites for hydroxylation is 2. The van der Waals surface area contributed by atoms with Crippen molar-refractivity contribution in [1.29, 1.82) is 0 Å². The second-order valence-corrected chi connectivity index (χ2v) is 9.80. The number of benzene rings is 2. The van der Waals surface area contributed by atoms with Crippen LogP contribution in [0.3, 0.4) is 0 Å². The largest absolute Gasteiger partial charge is 0.325 e. The molecular formula is C22H25NO4S. The number of rotatable bonds is 5. The molecule has 1 fully saturated rings. The van der Waals surface area contributed by atoms with Crippen molar-refractivity contribution in [3.8, 4) is 0 Å². The fourth-order valence-corrected chi connectivity index (χ4v) is 5.88. The molecule has 1 aliphatic rings. The van der Waals surface area contributed by atoms with Crippen molar-refractivity contribution in [2.45, 2.75) is 56.1 Å². The Kier molecular flexibility index (Phi) is 5.44. The summed E-state index contributed by atoms with van der Waals surface area (Å²) in [4.78, 5) is 25.0. The first-order chi connectivity index (χ1) is 13.2. The average Bonchev–Trinajstić information content (AvgIpc) is 3.16. The van der Waals surface area contributed by atoms with E-state index in [9.17, 15) is 18.0 Å². The molecule has 2 aromatic rings. The van der Waals surface area contributed by atoms with Gasteiger partial charge in [0.15, 0.2) is 20.4 Å². The van der Waals surface area contributed by atoms with Crippen LogP contribution in [-0.2, 0) is 14.6 Å². The van der Waals surface area contributed by atoms with E-state index in [2.05, 4.69) is 5.32 Å². The fraction of sp³-hybridized carbons (Fsp3) is 0.364. The number of nitrogens with one attached hydrogen (secondary N) is 1. The second kappa shape index (κ2) is 7.51. The highest BCUT2D eigenvalue weighted by molar-refractivity contribution is 7.93. The Bertz CT molecular complexity index is 1030. The van der Waals surface area contributed by atoms with E-state index in [1.54, 1.807) is 42.5 Å². The monoisotopic (exact) mass is 399 g/mol. The minimum absolute atomic E-state index is 0.116. The van der Waals surface area contributed by atoms with E-state index in [0.717, 1.165) is 11.1 Å². The molecule has 0 aliphatic heterocycles. The van der Waals surface area contributed by atoms with Crippen LogP contribution in [0.15, 0.2) is 47.4 Å². The van der Waals surface area contributed by atoms with Gasteiger partial charge in [0.1, 0.15) is 0 Å². The number of ketones is 1. The van der Waals surface area contributed by atoms with Crippen LogP contribution in [-0.4, -0.2) is 24.9 Å². The molecule has 0 aromatic heterocycles. The van der Waals surface area contributed by atoms with E-state index >= 15 is 0 Å². The van der Waals surface area contributed by atoms with Gasteiger partial charge < -0.3 is 5.32 Å². The Balaban J connectivity index is 1.99. The average molecular weight is 400 g/mol. The minimum Gasteiger partial charge on any atom is -0.325 e. The van der Waals surface area contributed by atoms with Crippen LogP contribution in [0.25, 0.3) is 0 Å². The van der Waals surface area contributed by atoms with Crippen LogP contribution in [0.1, 0.15) is 54.1 Å². The zero-order chi connectivity index (χ0) is 20.5. The van der Waals surface area contributed by atoms with Crippen LogP contribution in [0.4, 0.5) is 5.69 Å². The molecule has 6 heteroatoms. The molecule has 148 valence electrons. The predicted octanol–water partition coefficient (Wildman–Crippen LogP) is 4.23. The molecule has 1 aliphatic carbocycles. The highest BCUT2D eigenvalue weighted by atomic mass is 32.2. The molecular weight excluding hydrogens is 374 g/mol. The quantitative estimate of drug-likeness (QED) is 0.763. The molecule has 3 rings (SSSR count). The summed E-state index contributed by atoms with van der Waals surface area (Å²) in [6.45, 7) is 5.23. The van der Waals surface area contributed by atoms with Crippen molar-refractivity contribution in [1.82, 2.24) is 0 Å². The standard InChI is InChI=1S/C22H25NO4S/c1-15-9-10-20(13-16(15)2)28(26,27)22(11-4-5-12-22)21(25)23-19-8-6-7-18(14-19)17(3)24/h6-10,13-14H,4-5,11-12H2,1-3H3,(H,23,25). The first-order valence-electron chi connectivity index (χ1n) is 9.42. The summed E-state index contributed by atoms with van der Waals surface area (Å²) in [6.07, 6.45) is 1.96. The molecule has 0 radical (unpaired) electrons. The lowest BCUT2D eigenvalue weighted by molar-refractivity contribution is -0.118. The van der Waals surface area contributed by atoms with Crippen molar-refractivity contribution in [2.75, 3.05) is 5.32 Å². The van der Waals surface area contributed by atoms with Gasteiger partial charge in [-0.25, -0.2) is 8.42 Å². The molecule has 0 saturated heterocycles. The summed E-state index contributed by atoms with van der Waals surface area (Å²) < 4.78 is 25.5. The molecule has 28 heavy (non-hydrogen) atoms. The predicted molar refractivity (Wildman–Crippen MR) is 109 cm³/mol. The van der Waals surface area contributed by atoms with E-state index < -0.39 is 20.5 Å². The van der Waals surface area contributed by atoms with Crippen LogP contribution in [0, 0.1) is 13.8 Å². The molecule has 0 spiro atoms. The van der Waals surface area contributed by atoms with Crippen molar-refractivity contribution in [3.05, 3.63) is 59.2 Å². The maximum Gasteiger partial charge on any atom is 0.246 e. The van der Waals surface area contributed by atoms with Crippen molar-refractivity contribution in [3.63, 3.8) is 0 Å². The minimum atomic E-state index is -3.86. The number of amides is 1. The topological polar surface area (TPSA) is 80.3 Å². The number of anilines is 1. The zero-order valence-electron chi connectivity index (χ0n) is 16.4. The van der Waals surface area contributed by atoms with E-state index in [1.165, 1.54) is 6.92 Å². The van der Waals surface area contributed by atoms with Crippen LogP contribution in [0.5, 0.6) is 0 Å². The lowest BCUT2D eigenvalue weighted by Crippen LogP contribution is -2.47. The molecule has 0 bridgehead atoms. The Morgan fingerprint density at radius 2 is 1.64 bits per heavy atom. The summed E-state index contributed by atoms with van der Waals surface area (Å²) in [5.74, 6) is -0.640. The van der Waals surface area contributed by atoms with E-state index in [1.807, 2.05) is 13.8 Å². The van der Waals surface area contributed by atoms with Gasteiger partial charge in [0.05, 0.1) is 4.90 Å². The number of sulfone groups is 1. The first-order valence-corrected chi connectivity index (χ1v) is 10.9. The first kappa shape index (κ1) is 20.3. The second-order valence-electron chi connectivity index (χ2n) is 7.54. The molecule has 1 saturated carbocycles. The van der Waals surface area contributed by atoms with Gasteiger partial charge in [-0.3, -0.25) is 9.59 Å². The van der Waals surface area contributed by atoms with Crippen LogP contribution >= 0.6 is 0 Å². The van der Waals surface area contributed by atoms with Gasteiger partial charge in [-0.15, -0.1) is 0 Å². The molecule has 1 amide bonds.